The average molecular weight is 617 g/mol. The van der Waals surface area contributed by atoms with Crippen molar-refractivity contribution in [2.24, 2.45) is 5.41 Å². The fraction of sp³-hybridized carbons (Fsp3) is 0.625. The number of amides is 2. The van der Waals surface area contributed by atoms with Crippen molar-refractivity contribution in [1.29, 1.82) is 0 Å². The van der Waals surface area contributed by atoms with Crippen LogP contribution in [0.25, 0.3) is 11.3 Å². The molecule has 12 heteroatoms. The molecule has 0 bridgehead atoms. The lowest BCUT2D eigenvalue weighted by molar-refractivity contribution is -0.174. The lowest BCUT2D eigenvalue weighted by atomic mass is 9.80. The van der Waals surface area contributed by atoms with Crippen molar-refractivity contribution in [3.8, 4) is 17.1 Å². The van der Waals surface area contributed by atoms with E-state index in [2.05, 4.69) is 20.1 Å². The smallest absolute Gasteiger partial charge is 0.390 e. The second-order valence-corrected chi connectivity index (χ2v) is 12.4. The zero-order valence-corrected chi connectivity index (χ0v) is 25.8. The van der Waals surface area contributed by atoms with Crippen LogP contribution in [-0.2, 0) is 4.79 Å². The van der Waals surface area contributed by atoms with Gasteiger partial charge in [0.15, 0.2) is 5.69 Å². The number of carbonyl (C=O) groups excluding carboxylic acids is 2. The zero-order valence-electron chi connectivity index (χ0n) is 25.8. The lowest BCUT2D eigenvalue weighted by Crippen LogP contribution is -2.58. The third-order valence-corrected chi connectivity index (χ3v) is 9.25. The van der Waals surface area contributed by atoms with E-state index in [1.165, 1.54) is 0 Å². The van der Waals surface area contributed by atoms with Gasteiger partial charge in [0.25, 0.3) is 5.91 Å². The standard InChI is InChI=1S/C32H43F3N6O3/c1-4-23-20-40(30(43)31(13-6-7-14-31)21-32(33,34)35)17-18-41(23)26-11-10-25(24-9-8-15-36-29(24)44-5-2)38-27(26)28(42)37-22-12-16-39(3)19-22/h8-11,15,22-23H,4-7,12-14,16-21H2,1-3H3,(H,37,42)/t22-,23-/m1/s1. The number of pyridine rings is 2. The van der Waals surface area contributed by atoms with Gasteiger partial charge in [0, 0.05) is 44.5 Å². The van der Waals surface area contributed by atoms with E-state index >= 15 is 0 Å². The molecule has 2 atom stereocenters. The van der Waals surface area contributed by atoms with Gasteiger partial charge in [-0.05, 0) is 70.5 Å². The molecule has 9 nitrogen and oxygen atoms in total. The van der Waals surface area contributed by atoms with Gasteiger partial charge in [0.05, 0.1) is 35.4 Å². The van der Waals surface area contributed by atoms with E-state index in [-0.39, 0.29) is 49.0 Å². The van der Waals surface area contributed by atoms with Crippen LogP contribution in [0.2, 0.25) is 0 Å². The number of likely N-dealkylation sites (N-methyl/N-ethyl adjacent to an activating group) is 1. The van der Waals surface area contributed by atoms with Crippen LogP contribution in [0.4, 0.5) is 18.9 Å². The Morgan fingerprint density at radius 3 is 2.52 bits per heavy atom. The van der Waals surface area contributed by atoms with Crippen molar-refractivity contribution in [3.05, 3.63) is 36.2 Å². The number of aromatic nitrogens is 2. The minimum Gasteiger partial charge on any atom is -0.477 e. The maximum atomic E-state index is 13.8. The second-order valence-electron chi connectivity index (χ2n) is 12.4. The van der Waals surface area contributed by atoms with Crippen LogP contribution >= 0.6 is 0 Å². The summed E-state index contributed by atoms with van der Waals surface area (Å²) >= 11 is 0. The quantitative estimate of drug-likeness (QED) is 0.428. The summed E-state index contributed by atoms with van der Waals surface area (Å²) in [5.41, 5.74) is 0.763. The number of piperazine rings is 1. The maximum Gasteiger partial charge on any atom is 0.390 e. The van der Waals surface area contributed by atoms with Gasteiger partial charge in [-0.25, -0.2) is 9.97 Å². The number of alkyl halides is 3. The number of anilines is 1. The van der Waals surface area contributed by atoms with Crippen LogP contribution in [0, 0.1) is 5.41 Å². The molecule has 2 aromatic rings. The summed E-state index contributed by atoms with van der Waals surface area (Å²) in [7, 11) is 2.02. The Bertz CT molecular complexity index is 1330. The van der Waals surface area contributed by atoms with Crippen LogP contribution < -0.4 is 15.0 Å². The van der Waals surface area contributed by atoms with Gasteiger partial charge >= 0.3 is 6.18 Å². The summed E-state index contributed by atoms with van der Waals surface area (Å²) in [4.78, 5) is 42.6. The van der Waals surface area contributed by atoms with Crippen LogP contribution in [-0.4, -0.2) is 96.2 Å². The molecule has 3 fully saturated rings. The Hall–Kier alpha value is -3.41. The van der Waals surface area contributed by atoms with E-state index in [0.29, 0.717) is 61.8 Å². The summed E-state index contributed by atoms with van der Waals surface area (Å²) in [6, 6.07) is 7.18. The number of halogens is 3. The molecule has 44 heavy (non-hydrogen) atoms. The fourth-order valence-electron chi connectivity index (χ4n) is 7.09. The summed E-state index contributed by atoms with van der Waals surface area (Å²) in [6.45, 7) is 6.89. The molecule has 2 saturated heterocycles. The minimum absolute atomic E-state index is 0.00383. The first-order valence-electron chi connectivity index (χ1n) is 15.7. The highest BCUT2D eigenvalue weighted by atomic mass is 19.4. The van der Waals surface area contributed by atoms with Gasteiger partial charge in [-0.3, -0.25) is 9.59 Å². The SMILES string of the molecule is CCOc1ncccc1-c1ccc(N2CCN(C(=O)C3(CC(F)(F)F)CCCC3)C[C@H]2CC)c(C(=O)N[C@@H]2CCN(C)C2)n1. The summed E-state index contributed by atoms with van der Waals surface area (Å²) in [5.74, 6) is -0.244. The van der Waals surface area contributed by atoms with Gasteiger partial charge in [-0.15, -0.1) is 0 Å². The van der Waals surface area contributed by atoms with E-state index in [9.17, 15) is 22.8 Å². The van der Waals surface area contributed by atoms with Crippen LogP contribution in [0.5, 0.6) is 5.88 Å². The van der Waals surface area contributed by atoms with Gasteiger partial charge in [0.2, 0.25) is 11.8 Å². The van der Waals surface area contributed by atoms with Crippen molar-refractivity contribution >= 4 is 17.5 Å². The number of carbonyl (C=O) groups is 2. The third-order valence-electron chi connectivity index (χ3n) is 9.25. The van der Waals surface area contributed by atoms with Crippen molar-refractivity contribution in [1.82, 2.24) is 25.1 Å². The number of ether oxygens (including phenoxy) is 1. The molecule has 0 aromatic carbocycles. The molecule has 1 aliphatic carbocycles. The van der Waals surface area contributed by atoms with Crippen LogP contribution in [0.1, 0.15) is 69.3 Å². The molecule has 3 aliphatic rings. The first kappa shape index (κ1) is 32.0. The number of likely N-dealkylation sites (tertiary alicyclic amines) is 1. The fourth-order valence-corrected chi connectivity index (χ4v) is 7.09. The van der Waals surface area contributed by atoms with Crippen LogP contribution in [0.3, 0.4) is 0 Å². The Morgan fingerprint density at radius 2 is 1.86 bits per heavy atom. The first-order chi connectivity index (χ1) is 21.0. The predicted molar refractivity (Wildman–Crippen MR) is 162 cm³/mol. The van der Waals surface area contributed by atoms with E-state index in [4.69, 9.17) is 9.72 Å². The minimum atomic E-state index is -4.40. The number of nitrogens with zero attached hydrogens (tertiary/aromatic N) is 5. The Kier molecular flexibility index (Phi) is 9.67. The molecule has 0 spiro atoms. The Balaban J connectivity index is 1.44. The molecule has 4 heterocycles. The van der Waals surface area contributed by atoms with Crippen molar-refractivity contribution in [2.45, 2.75) is 77.1 Å². The summed E-state index contributed by atoms with van der Waals surface area (Å²) in [5, 5.41) is 3.16. The van der Waals surface area contributed by atoms with Gasteiger partial charge in [-0.1, -0.05) is 19.8 Å². The molecule has 1 saturated carbocycles. The molecule has 0 radical (unpaired) electrons. The largest absolute Gasteiger partial charge is 0.477 e. The van der Waals surface area contributed by atoms with E-state index in [1.54, 1.807) is 17.2 Å². The first-order valence-corrected chi connectivity index (χ1v) is 15.7. The molecule has 5 rings (SSSR count). The number of hydrogen-bond donors (Lipinski definition) is 1. The topological polar surface area (TPSA) is 90.9 Å². The molecule has 2 aliphatic heterocycles. The maximum absolute atomic E-state index is 13.8. The molecule has 0 unspecified atom stereocenters. The van der Waals surface area contributed by atoms with Gasteiger partial charge < -0.3 is 24.8 Å². The molecule has 240 valence electrons. The van der Waals surface area contributed by atoms with Crippen molar-refractivity contribution in [3.63, 3.8) is 0 Å². The highest BCUT2D eigenvalue weighted by molar-refractivity contribution is 5.99. The summed E-state index contributed by atoms with van der Waals surface area (Å²) < 4.78 is 46.5. The van der Waals surface area contributed by atoms with E-state index in [1.807, 2.05) is 39.1 Å². The Labute approximate surface area is 257 Å². The molecule has 1 N–H and O–H groups in total. The van der Waals surface area contributed by atoms with Gasteiger partial charge in [0.1, 0.15) is 0 Å². The van der Waals surface area contributed by atoms with E-state index < -0.39 is 18.0 Å². The molecule has 2 amide bonds. The highest BCUT2D eigenvalue weighted by Crippen LogP contribution is 2.47. The van der Waals surface area contributed by atoms with Crippen molar-refractivity contribution in [2.75, 3.05) is 51.3 Å². The third kappa shape index (κ3) is 6.95. The molecular weight excluding hydrogens is 573 g/mol. The second kappa shape index (κ2) is 13.3. The number of hydrogen-bond acceptors (Lipinski definition) is 7. The van der Waals surface area contributed by atoms with E-state index in [0.717, 1.165) is 19.5 Å². The predicted octanol–water partition coefficient (Wildman–Crippen LogP) is 4.92. The van der Waals surface area contributed by atoms with Crippen molar-refractivity contribution < 1.29 is 27.5 Å². The lowest BCUT2D eigenvalue weighted by Gasteiger charge is -2.45. The average Bonchev–Trinajstić information content (AvgIpc) is 3.64. The van der Waals surface area contributed by atoms with Gasteiger partial charge in [-0.2, -0.15) is 13.2 Å². The number of nitrogens with one attached hydrogen (secondary N) is 1. The molecule has 2 aromatic heterocycles. The summed E-state index contributed by atoms with van der Waals surface area (Å²) in [6.07, 6.45) is -0.534. The highest BCUT2D eigenvalue weighted by Gasteiger charge is 2.51. The number of rotatable bonds is 9. The van der Waals surface area contributed by atoms with Crippen LogP contribution in [0.15, 0.2) is 30.5 Å². The molecular formula is C32H43F3N6O3. The Morgan fingerprint density at radius 1 is 1.09 bits per heavy atom. The normalized spacial score (nSPS) is 22.3. The zero-order chi connectivity index (χ0) is 31.5. The monoisotopic (exact) mass is 616 g/mol.